The highest BCUT2D eigenvalue weighted by atomic mass is 16.6. The van der Waals surface area contributed by atoms with E-state index < -0.39 is 53.6 Å². The van der Waals surface area contributed by atoms with Crippen LogP contribution in [0.5, 0.6) is 11.5 Å². The summed E-state index contributed by atoms with van der Waals surface area (Å²) in [5.41, 5.74) is 0.228. The van der Waals surface area contributed by atoms with Crippen molar-refractivity contribution in [2.75, 3.05) is 20.8 Å². The third-order valence-electron chi connectivity index (χ3n) is 8.10. The number of benzene rings is 3. The molecule has 12 heteroatoms. The van der Waals surface area contributed by atoms with Crippen molar-refractivity contribution in [3.05, 3.63) is 128 Å². The van der Waals surface area contributed by atoms with Gasteiger partial charge in [0.15, 0.2) is 0 Å². The number of ether oxygens (including phenoxy) is 5. The van der Waals surface area contributed by atoms with Crippen molar-refractivity contribution in [3.8, 4) is 11.5 Å². The first kappa shape index (κ1) is 33.2. The Hall–Kier alpha value is -5.20. The van der Waals surface area contributed by atoms with Gasteiger partial charge in [-0.25, -0.2) is 4.79 Å². The molecule has 0 spiro atoms. The van der Waals surface area contributed by atoms with Gasteiger partial charge in [-0.05, 0) is 47.9 Å². The largest absolute Gasteiger partial charge is 0.497 e. The number of aliphatic carboxylic acids is 1. The summed E-state index contributed by atoms with van der Waals surface area (Å²) in [6, 6.07) is 24.5. The number of hydrogen-bond donors (Lipinski definition) is 2. The van der Waals surface area contributed by atoms with Crippen LogP contribution in [0.1, 0.15) is 47.7 Å². The van der Waals surface area contributed by atoms with E-state index in [0.717, 1.165) is 16.7 Å². The molecule has 0 aliphatic carbocycles. The molecule has 5 rings (SSSR count). The number of carbonyl (C=O) groups excluding carboxylic acids is 1. The smallest absolute Gasteiger partial charge is 0.330 e. The van der Waals surface area contributed by atoms with Crippen LogP contribution in [0.4, 0.5) is 0 Å². The standard InChI is InChI=1S/C35H36N2O10/c1-22-20-37(34(42)36-33(22)41)30-19-28(47-32(40)18-17-31(38)39)29(46-30)21-45-35(23-7-5-4-6-8-23,24-9-13-26(43-2)14-10-24)25-11-15-27(44-3)16-12-25/h4-16,20,28-30H,17-19,21H2,1-3H3,(H,38,39)(H,36,41,42). The molecule has 3 unspecified atom stereocenters. The number of H-pyrrole nitrogens is 1. The highest BCUT2D eigenvalue weighted by molar-refractivity contribution is 5.76. The number of carboxylic acid groups (broad SMARTS) is 1. The Morgan fingerprint density at radius 3 is 2.02 bits per heavy atom. The molecule has 3 aromatic carbocycles. The molecule has 4 aromatic rings. The Labute approximate surface area is 270 Å². The lowest BCUT2D eigenvalue weighted by atomic mass is 9.80. The van der Waals surface area contributed by atoms with E-state index in [9.17, 15) is 19.2 Å². The SMILES string of the molecule is COc1ccc(C(OCC2OC(n3cc(C)c(=O)[nH]c3=O)CC2OC(=O)CCC(=O)O)(c2ccccc2)c2ccc(OC)cc2)cc1. The van der Waals surface area contributed by atoms with Gasteiger partial charge in [-0.3, -0.25) is 23.9 Å². The molecular formula is C35H36N2O10. The highest BCUT2D eigenvalue weighted by Gasteiger charge is 2.44. The monoisotopic (exact) mass is 644 g/mol. The predicted molar refractivity (Wildman–Crippen MR) is 170 cm³/mol. The quantitative estimate of drug-likeness (QED) is 0.162. The molecule has 1 aromatic heterocycles. The van der Waals surface area contributed by atoms with Crippen molar-refractivity contribution >= 4 is 11.9 Å². The zero-order valence-electron chi connectivity index (χ0n) is 26.2. The number of rotatable bonds is 13. The van der Waals surface area contributed by atoms with E-state index in [-0.39, 0.29) is 19.4 Å². The number of esters is 1. The molecule has 2 N–H and O–H groups in total. The summed E-state index contributed by atoms with van der Waals surface area (Å²) in [5, 5.41) is 9.07. The second kappa shape index (κ2) is 14.5. The zero-order valence-corrected chi connectivity index (χ0v) is 26.2. The van der Waals surface area contributed by atoms with Gasteiger partial charge in [-0.2, -0.15) is 0 Å². The molecule has 3 atom stereocenters. The Balaban J connectivity index is 1.56. The van der Waals surface area contributed by atoms with Gasteiger partial charge >= 0.3 is 17.6 Å². The van der Waals surface area contributed by atoms with Gasteiger partial charge in [0.25, 0.3) is 5.56 Å². The molecule has 1 fully saturated rings. The Bertz CT molecular complexity index is 1750. The van der Waals surface area contributed by atoms with E-state index >= 15 is 0 Å². The Kier molecular flexibility index (Phi) is 10.2. The molecule has 2 heterocycles. The van der Waals surface area contributed by atoms with Crippen molar-refractivity contribution in [1.29, 1.82) is 0 Å². The number of aromatic amines is 1. The van der Waals surface area contributed by atoms with Crippen LogP contribution >= 0.6 is 0 Å². The number of carbonyl (C=O) groups is 2. The summed E-state index contributed by atoms with van der Waals surface area (Å²) >= 11 is 0. The first-order valence-corrected chi connectivity index (χ1v) is 15.0. The van der Waals surface area contributed by atoms with Gasteiger partial charge in [-0.1, -0.05) is 54.6 Å². The third kappa shape index (κ3) is 7.29. The number of carboxylic acids is 1. The van der Waals surface area contributed by atoms with E-state index in [4.69, 9.17) is 28.8 Å². The molecular weight excluding hydrogens is 608 g/mol. The van der Waals surface area contributed by atoms with E-state index in [2.05, 4.69) is 4.98 Å². The van der Waals surface area contributed by atoms with Crippen LogP contribution in [0.3, 0.4) is 0 Å². The summed E-state index contributed by atoms with van der Waals surface area (Å²) in [6.07, 6.45) is -1.98. The molecule has 0 saturated carbocycles. The average Bonchev–Trinajstić information content (AvgIpc) is 3.48. The van der Waals surface area contributed by atoms with Gasteiger partial charge in [0.2, 0.25) is 0 Å². The second-order valence-electron chi connectivity index (χ2n) is 11.1. The van der Waals surface area contributed by atoms with Crippen molar-refractivity contribution in [3.63, 3.8) is 0 Å². The van der Waals surface area contributed by atoms with E-state index in [1.54, 1.807) is 21.1 Å². The topological polar surface area (TPSA) is 155 Å². The van der Waals surface area contributed by atoms with Crippen molar-refractivity contribution in [2.24, 2.45) is 0 Å². The molecule has 1 aliphatic heterocycles. The van der Waals surface area contributed by atoms with Crippen LogP contribution in [-0.2, 0) is 29.4 Å². The minimum Gasteiger partial charge on any atom is -0.497 e. The maximum absolute atomic E-state index is 12.8. The number of aryl methyl sites for hydroxylation is 1. The van der Waals surface area contributed by atoms with Gasteiger partial charge in [0.05, 0.1) is 33.7 Å². The molecule has 47 heavy (non-hydrogen) atoms. The zero-order chi connectivity index (χ0) is 33.6. The van der Waals surface area contributed by atoms with Gasteiger partial charge < -0.3 is 28.8 Å². The van der Waals surface area contributed by atoms with Gasteiger partial charge in [0, 0.05) is 18.2 Å². The predicted octanol–water partition coefficient (Wildman–Crippen LogP) is 3.94. The second-order valence-corrected chi connectivity index (χ2v) is 11.1. The molecule has 1 aliphatic rings. The molecule has 1 saturated heterocycles. The Morgan fingerprint density at radius 1 is 0.894 bits per heavy atom. The van der Waals surface area contributed by atoms with Crippen molar-refractivity contribution in [1.82, 2.24) is 9.55 Å². The van der Waals surface area contributed by atoms with Gasteiger partial charge in [0.1, 0.15) is 35.5 Å². The van der Waals surface area contributed by atoms with Crippen LogP contribution in [0.25, 0.3) is 0 Å². The lowest BCUT2D eigenvalue weighted by molar-refractivity contribution is -0.157. The summed E-state index contributed by atoms with van der Waals surface area (Å²) in [6.45, 7) is 1.45. The van der Waals surface area contributed by atoms with Crippen LogP contribution in [-0.4, -0.2) is 59.6 Å². The minimum atomic E-state index is -1.20. The van der Waals surface area contributed by atoms with Crippen molar-refractivity contribution in [2.45, 2.75) is 50.2 Å². The lowest BCUT2D eigenvalue weighted by Gasteiger charge is -2.37. The number of methoxy groups -OCH3 is 2. The van der Waals surface area contributed by atoms with Crippen LogP contribution in [0.15, 0.2) is 94.6 Å². The summed E-state index contributed by atoms with van der Waals surface area (Å²) < 4.78 is 31.1. The fraction of sp³-hybridized carbons (Fsp3) is 0.314. The molecule has 0 radical (unpaired) electrons. The fourth-order valence-electron chi connectivity index (χ4n) is 5.66. The maximum atomic E-state index is 12.8. The Morgan fingerprint density at radius 2 is 1.47 bits per heavy atom. The highest BCUT2D eigenvalue weighted by Crippen LogP contribution is 2.43. The maximum Gasteiger partial charge on any atom is 0.330 e. The lowest BCUT2D eigenvalue weighted by Crippen LogP contribution is -2.39. The molecule has 246 valence electrons. The first-order chi connectivity index (χ1) is 22.6. The number of nitrogens with one attached hydrogen (secondary N) is 1. The summed E-state index contributed by atoms with van der Waals surface area (Å²) in [5.74, 6) is -0.551. The van der Waals surface area contributed by atoms with Crippen LogP contribution in [0.2, 0.25) is 0 Å². The van der Waals surface area contributed by atoms with Crippen LogP contribution in [0, 0.1) is 6.92 Å². The third-order valence-corrected chi connectivity index (χ3v) is 8.10. The summed E-state index contributed by atoms with van der Waals surface area (Å²) in [7, 11) is 3.17. The number of aromatic nitrogens is 2. The van der Waals surface area contributed by atoms with E-state index in [0.29, 0.717) is 17.1 Å². The number of hydrogen-bond acceptors (Lipinski definition) is 9. The summed E-state index contributed by atoms with van der Waals surface area (Å²) in [4.78, 5) is 50.9. The molecule has 0 amide bonds. The van der Waals surface area contributed by atoms with Crippen LogP contribution < -0.4 is 20.7 Å². The number of nitrogens with zero attached hydrogens (tertiary/aromatic N) is 1. The normalized spacial score (nSPS) is 17.6. The fourth-order valence-corrected chi connectivity index (χ4v) is 5.66. The first-order valence-electron chi connectivity index (χ1n) is 15.0. The van der Waals surface area contributed by atoms with E-state index in [1.165, 1.54) is 10.8 Å². The van der Waals surface area contributed by atoms with E-state index in [1.807, 2.05) is 78.9 Å². The minimum absolute atomic E-state index is 0.0572. The molecule has 0 bridgehead atoms. The average molecular weight is 645 g/mol. The van der Waals surface area contributed by atoms with Crippen molar-refractivity contribution < 1.29 is 38.4 Å². The van der Waals surface area contributed by atoms with Gasteiger partial charge in [-0.15, -0.1) is 0 Å². The molecule has 12 nitrogen and oxygen atoms in total.